The van der Waals surface area contributed by atoms with Crippen molar-refractivity contribution in [1.82, 2.24) is 0 Å². The van der Waals surface area contributed by atoms with Gasteiger partial charge in [0.1, 0.15) is 19.3 Å². The van der Waals surface area contributed by atoms with Crippen LogP contribution in [0.2, 0.25) is 0 Å². The molecule has 0 fully saturated rings. The number of aliphatic hydroxyl groups excluding tert-OH is 1. The standard InChI is InChI=1S/C78H152O17P2/c1-68(2)54-46-38-30-24-18-14-11-9-10-12-16-20-28-34-44-52-60-77(82)94-73(64-88-75(80)58-50-42-33-27-23-22-26-32-40-48-56-70(5)6)66-92-96(84,85)90-62-72(79)63-91-97(86,87)93-67-74(65-89-76(81)59-51-43-37-36-41-49-57-71(7)8)95-78(83)61-53-45-35-29-21-17-13-15-19-25-31-39-47-55-69(3)4/h68-74,79H,9-67H2,1-8H3,(H,84,85)(H,86,87)/t72-,73-,74-/m1/s1. The van der Waals surface area contributed by atoms with Gasteiger partial charge in [-0.3, -0.25) is 37.3 Å². The lowest BCUT2D eigenvalue weighted by Gasteiger charge is -2.21. The van der Waals surface area contributed by atoms with Gasteiger partial charge in [0.2, 0.25) is 0 Å². The average molecular weight is 1420 g/mol. The van der Waals surface area contributed by atoms with E-state index in [2.05, 4.69) is 55.4 Å². The summed E-state index contributed by atoms with van der Waals surface area (Å²) in [5.41, 5.74) is 0. The Morgan fingerprint density at radius 3 is 0.639 bits per heavy atom. The van der Waals surface area contributed by atoms with Crippen molar-refractivity contribution in [2.45, 2.75) is 414 Å². The van der Waals surface area contributed by atoms with Crippen molar-refractivity contribution in [3.05, 3.63) is 0 Å². The smallest absolute Gasteiger partial charge is 0.462 e. The largest absolute Gasteiger partial charge is 0.472 e. The highest BCUT2D eigenvalue weighted by Crippen LogP contribution is 2.45. The Labute approximate surface area is 594 Å². The molecule has 2 unspecified atom stereocenters. The summed E-state index contributed by atoms with van der Waals surface area (Å²) in [6.07, 6.45) is 52.9. The maximum atomic E-state index is 13.1. The number of rotatable bonds is 75. The van der Waals surface area contributed by atoms with Gasteiger partial charge < -0.3 is 33.8 Å². The molecule has 0 bridgehead atoms. The lowest BCUT2D eigenvalue weighted by Crippen LogP contribution is -2.30. The van der Waals surface area contributed by atoms with Crippen molar-refractivity contribution >= 4 is 39.5 Å². The lowest BCUT2D eigenvalue weighted by atomic mass is 10.0. The quantitative estimate of drug-likeness (QED) is 0.0222. The zero-order valence-electron chi connectivity index (χ0n) is 63.7. The van der Waals surface area contributed by atoms with Crippen LogP contribution in [0, 0.1) is 23.7 Å². The van der Waals surface area contributed by atoms with E-state index in [1.807, 2.05) is 0 Å². The first-order valence-electron chi connectivity index (χ1n) is 40.2. The van der Waals surface area contributed by atoms with E-state index in [9.17, 15) is 43.2 Å². The van der Waals surface area contributed by atoms with Crippen molar-refractivity contribution in [2.24, 2.45) is 23.7 Å². The van der Waals surface area contributed by atoms with Crippen LogP contribution in [0.25, 0.3) is 0 Å². The predicted molar refractivity (Wildman–Crippen MR) is 395 cm³/mol. The van der Waals surface area contributed by atoms with Crippen molar-refractivity contribution in [2.75, 3.05) is 39.6 Å². The van der Waals surface area contributed by atoms with E-state index in [-0.39, 0.29) is 25.7 Å². The molecule has 0 aromatic heterocycles. The normalized spacial score (nSPS) is 14.1. The van der Waals surface area contributed by atoms with E-state index in [0.29, 0.717) is 31.6 Å². The van der Waals surface area contributed by atoms with Crippen LogP contribution in [0.1, 0.15) is 396 Å². The molecule has 0 amide bonds. The molecule has 0 aromatic rings. The molecule has 0 aliphatic rings. The zero-order valence-corrected chi connectivity index (χ0v) is 65.5. The third-order valence-corrected chi connectivity index (χ3v) is 20.0. The fourth-order valence-corrected chi connectivity index (χ4v) is 13.5. The number of carbonyl (C=O) groups is 4. The van der Waals surface area contributed by atoms with Gasteiger partial charge in [0.05, 0.1) is 26.4 Å². The van der Waals surface area contributed by atoms with E-state index in [1.54, 1.807) is 0 Å². The number of phosphoric ester groups is 2. The minimum atomic E-state index is -4.96. The number of esters is 4. The molecule has 0 rings (SSSR count). The third-order valence-electron chi connectivity index (χ3n) is 18.1. The summed E-state index contributed by atoms with van der Waals surface area (Å²) in [6, 6.07) is 0. The van der Waals surface area contributed by atoms with E-state index in [0.717, 1.165) is 114 Å². The van der Waals surface area contributed by atoms with E-state index in [4.69, 9.17) is 37.0 Å². The number of hydrogen-bond donors (Lipinski definition) is 3. The Hall–Kier alpha value is -1.94. The number of phosphoric acid groups is 2. The molecule has 0 aromatic carbocycles. The Morgan fingerprint density at radius 1 is 0.258 bits per heavy atom. The van der Waals surface area contributed by atoms with E-state index >= 15 is 0 Å². The SMILES string of the molecule is CC(C)CCCCCCCCCCCCCCCCCCC(=O)O[C@H](COC(=O)CCCCCCCCCCCCC(C)C)COP(=O)(O)OC[C@@H](O)COP(=O)(O)OC[C@@H](COC(=O)CCCCCCCCC(C)C)OC(=O)CCCCCCCCCCCCCCCC(C)C. The topological polar surface area (TPSA) is 237 Å². The summed E-state index contributed by atoms with van der Waals surface area (Å²) in [7, 11) is -9.92. The van der Waals surface area contributed by atoms with Crippen LogP contribution in [-0.2, 0) is 65.4 Å². The molecule has 576 valence electrons. The summed E-state index contributed by atoms with van der Waals surface area (Å²) in [5, 5.41) is 10.6. The lowest BCUT2D eigenvalue weighted by molar-refractivity contribution is -0.161. The first-order chi connectivity index (χ1) is 46.6. The number of unbranched alkanes of at least 4 members (excludes halogenated alkanes) is 41. The van der Waals surface area contributed by atoms with Crippen molar-refractivity contribution in [3.8, 4) is 0 Å². The first kappa shape index (κ1) is 95.1. The second kappa shape index (κ2) is 67.2. The van der Waals surface area contributed by atoms with Gasteiger partial charge in [-0.2, -0.15) is 0 Å². The van der Waals surface area contributed by atoms with Gasteiger partial charge in [-0.05, 0) is 49.4 Å². The molecule has 0 heterocycles. The fraction of sp³-hybridized carbons (Fsp3) is 0.949. The van der Waals surface area contributed by atoms with Crippen molar-refractivity contribution in [1.29, 1.82) is 0 Å². The number of ether oxygens (including phenoxy) is 4. The van der Waals surface area contributed by atoms with Gasteiger partial charge in [-0.15, -0.1) is 0 Å². The molecule has 19 heteroatoms. The van der Waals surface area contributed by atoms with Gasteiger partial charge in [-0.1, -0.05) is 344 Å². The Bertz CT molecular complexity index is 1900. The van der Waals surface area contributed by atoms with Crippen LogP contribution in [0.4, 0.5) is 0 Å². The number of aliphatic hydroxyl groups is 1. The first-order valence-corrected chi connectivity index (χ1v) is 43.2. The summed E-state index contributed by atoms with van der Waals surface area (Å²) in [5.74, 6) is 0.914. The highest BCUT2D eigenvalue weighted by atomic mass is 31.2. The Balaban J connectivity index is 5.22. The maximum absolute atomic E-state index is 13.1. The molecule has 0 radical (unpaired) electrons. The molecule has 0 aliphatic carbocycles. The van der Waals surface area contributed by atoms with E-state index < -0.39 is 97.5 Å². The van der Waals surface area contributed by atoms with Crippen molar-refractivity contribution in [3.63, 3.8) is 0 Å². The molecule has 17 nitrogen and oxygen atoms in total. The van der Waals surface area contributed by atoms with Crippen LogP contribution in [0.3, 0.4) is 0 Å². The summed E-state index contributed by atoms with van der Waals surface area (Å²) < 4.78 is 68.6. The Morgan fingerprint density at radius 2 is 0.433 bits per heavy atom. The van der Waals surface area contributed by atoms with Gasteiger partial charge >= 0.3 is 39.5 Å². The van der Waals surface area contributed by atoms with Crippen LogP contribution < -0.4 is 0 Å². The molecule has 5 atom stereocenters. The number of carbonyl (C=O) groups excluding carboxylic acids is 4. The zero-order chi connectivity index (χ0) is 71.7. The highest BCUT2D eigenvalue weighted by molar-refractivity contribution is 7.47. The van der Waals surface area contributed by atoms with Crippen LogP contribution in [0.5, 0.6) is 0 Å². The molecular weight excluding hydrogens is 1270 g/mol. The monoisotopic (exact) mass is 1420 g/mol. The molecule has 0 saturated heterocycles. The number of hydrogen-bond acceptors (Lipinski definition) is 15. The van der Waals surface area contributed by atoms with Crippen LogP contribution >= 0.6 is 15.6 Å². The van der Waals surface area contributed by atoms with Gasteiger partial charge in [-0.25, -0.2) is 9.13 Å². The second-order valence-electron chi connectivity index (χ2n) is 30.0. The van der Waals surface area contributed by atoms with Gasteiger partial charge in [0.25, 0.3) is 0 Å². The summed E-state index contributed by atoms with van der Waals surface area (Å²) in [4.78, 5) is 72.9. The minimum Gasteiger partial charge on any atom is -0.462 e. The molecule has 0 aliphatic heterocycles. The summed E-state index contributed by atoms with van der Waals surface area (Å²) >= 11 is 0. The van der Waals surface area contributed by atoms with Gasteiger partial charge in [0, 0.05) is 25.7 Å². The third kappa shape index (κ3) is 72.2. The maximum Gasteiger partial charge on any atom is 0.472 e. The van der Waals surface area contributed by atoms with Crippen LogP contribution in [-0.4, -0.2) is 96.7 Å². The summed E-state index contributed by atoms with van der Waals surface area (Å²) in [6.45, 7) is 14.2. The molecule has 97 heavy (non-hydrogen) atoms. The minimum absolute atomic E-state index is 0.106. The predicted octanol–water partition coefficient (Wildman–Crippen LogP) is 22.8. The van der Waals surface area contributed by atoms with Crippen LogP contribution in [0.15, 0.2) is 0 Å². The average Bonchev–Trinajstić information content (AvgIpc) is 1.03. The van der Waals surface area contributed by atoms with E-state index in [1.165, 1.54) is 193 Å². The Kier molecular flexibility index (Phi) is 65.9. The van der Waals surface area contributed by atoms with Crippen molar-refractivity contribution < 1.29 is 80.2 Å². The molecule has 3 N–H and O–H groups in total. The molecular formula is C78H152O17P2. The fourth-order valence-electron chi connectivity index (χ4n) is 11.9. The molecule has 0 saturated carbocycles. The highest BCUT2D eigenvalue weighted by Gasteiger charge is 2.30. The second-order valence-corrected chi connectivity index (χ2v) is 32.9. The van der Waals surface area contributed by atoms with Gasteiger partial charge in [0.15, 0.2) is 12.2 Å². The molecule has 0 spiro atoms.